The number of aliphatic carboxylic acids is 1. The highest BCUT2D eigenvalue weighted by Gasteiger charge is 2.38. The van der Waals surface area contributed by atoms with Crippen molar-refractivity contribution >= 4 is 17.9 Å². The Morgan fingerprint density at radius 3 is 2.15 bits per heavy atom. The standard InChI is InChI=1S/C13H23N3O4/c14-10(17)5-8-15-12(20)16-9-13(11(18)19)6-3-1-2-4-7-13/h1-9H2,(H2,14,17)(H,18,19)(H2,15,16,20). The normalized spacial score (nSPS) is 17.8. The van der Waals surface area contributed by atoms with Gasteiger partial charge in [-0.25, -0.2) is 4.79 Å². The molecule has 0 radical (unpaired) electrons. The summed E-state index contributed by atoms with van der Waals surface area (Å²) >= 11 is 0. The van der Waals surface area contributed by atoms with E-state index in [0.717, 1.165) is 25.7 Å². The Balaban J connectivity index is 2.44. The predicted octanol–water partition coefficient (Wildman–Crippen LogP) is 0.586. The van der Waals surface area contributed by atoms with Gasteiger partial charge in [-0.05, 0) is 12.8 Å². The maximum atomic E-state index is 11.6. The zero-order valence-corrected chi connectivity index (χ0v) is 11.6. The van der Waals surface area contributed by atoms with Crippen molar-refractivity contribution in [1.82, 2.24) is 10.6 Å². The molecular weight excluding hydrogens is 262 g/mol. The van der Waals surface area contributed by atoms with Gasteiger partial charge in [-0.15, -0.1) is 0 Å². The van der Waals surface area contributed by atoms with Crippen LogP contribution >= 0.6 is 0 Å². The number of urea groups is 1. The summed E-state index contributed by atoms with van der Waals surface area (Å²) in [7, 11) is 0. The molecule has 1 rings (SSSR count). The van der Waals surface area contributed by atoms with E-state index in [4.69, 9.17) is 5.73 Å². The Bertz CT molecular complexity index is 363. The van der Waals surface area contributed by atoms with Gasteiger partial charge in [0.1, 0.15) is 0 Å². The number of rotatable bonds is 6. The van der Waals surface area contributed by atoms with Crippen molar-refractivity contribution in [1.29, 1.82) is 0 Å². The first-order valence-corrected chi connectivity index (χ1v) is 7.00. The van der Waals surface area contributed by atoms with E-state index < -0.39 is 23.3 Å². The van der Waals surface area contributed by atoms with Crippen molar-refractivity contribution in [2.75, 3.05) is 13.1 Å². The Labute approximate surface area is 118 Å². The van der Waals surface area contributed by atoms with Crippen LogP contribution in [0.3, 0.4) is 0 Å². The van der Waals surface area contributed by atoms with E-state index in [-0.39, 0.29) is 19.5 Å². The van der Waals surface area contributed by atoms with Gasteiger partial charge in [-0.1, -0.05) is 25.7 Å². The average Bonchev–Trinajstić information content (AvgIpc) is 2.62. The van der Waals surface area contributed by atoms with Gasteiger partial charge in [0.25, 0.3) is 0 Å². The van der Waals surface area contributed by atoms with Crippen LogP contribution in [-0.4, -0.2) is 36.1 Å². The van der Waals surface area contributed by atoms with Crippen molar-refractivity contribution in [2.24, 2.45) is 11.1 Å². The highest BCUT2D eigenvalue weighted by atomic mass is 16.4. The molecule has 0 aliphatic heterocycles. The Morgan fingerprint density at radius 1 is 1.05 bits per heavy atom. The van der Waals surface area contributed by atoms with E-state index in [9.17, 15) is 19.5 Å². The summed E-state index contributed by atoms with van der Waals surface area (Å²) in [6.07, 6.45) is 5.07. The zero-order valence-electron chi connectivity index (χ0n) is 11.6. The quantitative estimate of drug-likeness (QED) is 0.533. The number of nitrogens with one attached hydrogen (secondary N) is 2. The van der Waals surface area contributed by atoms with Gasteiger partial charge < -0.3 is 21.5 Å². The van der Waals surface area contributed by atoms with Crippen molar-refractivity contribution in [2.45, 2.75) is 44.9 Å². The number of hydrogen-bond donors (Lipinski definition) is 4. The lowest BCUT2D eigenvalue weighted by Gasteiger charge is -2.28. The predicted molar refractivity (Wildman–Crippen MR) is 73.0 cm³/mol. The molecule has 0 atom stereocenters. The van der Waals surface area contributed by atoms with Crippen molar-refractivity contribution in [3.05, 3.63) is 0 Å². The van der Waals surface area contributed by atoms with Crippen LogP contribution in [0.2, 0.25) is 0 Å². The third kappa shape index (κ3) is 5.07. The molecule has 1 fully saturated rings. The molecule has 114 valence electrons. The number of amides is 3. The van der Waals surface area contributed by atoms with Gasteiger partial charge in [-0.2, -0.15) is 0 Å². The number of carboxylic acids is 1. The number of primary amides is 1. The first-order chi connectivity index (χ1) is 9.46. The minimum atomic E-state index is -0.864. The minimum absolute atomic E-state index is 0.0670. The summed E-state index contributed by atoms with van der Waals surface area (Å²) in [6, 6.07) is -0.462. The zero-order chi connectivity index (χ0) is 15.0. The van der Waals surface area contributed by atoms with Crippen molar-refractivity contribution in [3.8, 4) is 0 Å². The molecule has 0 saturated heterocycles. The molecule has 1 aliphatic rings. The highest BCUT2D eigenvalue weighted by Crippen LogP contribution is 2.34. The van der Waals surface area contributed by atoms with Crippen LogP contribution in [0.5, 0.6) is 0 Å². The Morgan fingerprint density at radius 2 is 1.65 bits per heavy atom. The van der Waals surface area contributed by atoms with Crippen LogP contribution in [0.25, 0.3) is 0 Å². The SMILES string of the molecule is NC(=O)CCNC(=O)NCC1(C(=O)O)CCCCCC1. The second-order valence-electron chi connectivity index (χ2n) is 5.33. The van der Waals surface area contributed by atoms with Gasteiger partial charge in [0.15, 0.2) is 0 Å². The number of nitrogens with two attached hydrogens (primary N) is 1. The topological polar surface area (TPSA) is 122 Å². The van der Waals surface area contributed by atoms with Gasteiger partial charge in [0.05, 0.1) is 5.41 Å². The number of carboxylic acid groups (broad SMARTS) is 1. The largest absolute Gasteiger partial charge is 0.481 e. The van der Waals surface area contributed by atoms with Gasteiger partial charge in [0.2, 0.25) is 5.91 Å². The summed E-state index contributed by atoms with van der Waals surface area (Å²) in [5, 5.41) is 14.5. The minimum Gasteiger partial charge on any atom is -0.481 e. The van der Waals surface area contributed by atoms with Crippen LogP contribution < -0.4 is 16.4 Å². The number of hydrogen-bond acceptors (Lipinski definition) is 3. The van der Waals surface area contributed by atoms with Crippen LogP contribution in [-0.2, 0) is 9.59 Å². The fourth-order valence-electron chi connectivity index (χ4n) is 2.48. The van der Waals surface area contributed by atoms with E-state index in [1.807, 2.05) is 0 Å². The average molecular weight is 285 g/mol. The lowest BCUT2D eigenvalue weighted by atomic mass is 9.80. The fourth-order valence-corrected chi connectivity index (χ4v) is 2.48. The fraction of sp³-hybridized carbons (Fsp3) is 0.769. The molecule has 1 saturated carbocycles. The summed E-state index contributed by atoms with van der Waals surface area (Å²) in [5.41, 5.74) is 4.10. The lowest BCUT2D eigenvalue weighted by molar-refractivity contribution is -0.149. The van der Waals surface area contributed by atoms with Crippen LogP contribution in [0.1, 0.15) is 44.9 Å². The maximum absolute atomic E-state index is 11.6. The number of carbonyl (C=O) groups is 3. The first kappa shape index (κ1) is 16.3. The summed E-state index contributed by atoms with van der Waals surface area (Å²) in [4.78, 5) is 33.6. The molecule has 20 heavy (non-hydrogen) atoms. The Hall–Kier alpha value is -1.79. The smallest absolute Gasteiger partial charge is 0.314 e. The first-order valence-electron chi connectivity index (χ1n) is 7.00. The monoisotopic (exact) mass is 285 g/mol. The highest BCUT2D eigenvalue weighted by molar-refractivity contribution is 5.79. The van der Waals surface area contributed by atoms with E-state index in [1.54, 1.807) is 0 Å². The van der Waals surface area contributed by atoms with Gasteiger partial charge in [0, 0.05) is 19.5 Å². The van der Waals surface area contributed by atoms with Crippen molar-refractivity contribution in [3.63, 3.8) is 0 Å². The second-order valence-corrected chi connectivity index (χ2v) is 5.33. The molecule has 0 bridgehead atoms. The molecule has 7 nitrogen and oxygen atoms in total. The second kappa shape index (κ2) is 7.72. The molecule has 0 unspecified atom stereocenters. The molecule has 0 aromatic rings. The molecule has 7 heteroatoms. The van der Waals surface area contributed by atoms with Gasteiger partial charge in [-0.3, -0.25) is 9.59 Å². The molecular formula is C13H23N3O4. The van der Waals surface area contributed by atoms with Crippen LogP contribution in [0.15, 0.2) is 0 Å². The van der Waals surface area contributed by atoms with Gasteiger partial charge >= 0.3 is 12.0 Å². The molecule has 0 spiro atoms. The molecule has 0 aromatic carbocycles. The van der Waals surface area contributed by atoms with Crippen molar-refractivity contribution < 1.29 is 19.5 Å². The van der Waals surface area contributed by atoms with Crippen LogP contribution in [0.4, 0.5) is 4.79 Å². The molecule has 5 N–H and O–H groups in total. The third-order valence-electron chi connectivity index (χ3n) is 3.76. The summed E-state index contributed by atoms with van der Waals surface area (Å²) < 4.78 is 0. The molecule has 0 aromatic heterocycles. The third-order valence-corrected chi connectivity index (χ3v) is 3.76. The summed E-state index contributed by atoms with van der Waals surface area (Å²) in [5.74, 6) is -1.34. The maximum Gasteiger partial charge on any atom is 0.314 e. The molecule has 1 aliphatic carbocycles. The van der Waals surface area contributed by atoms with Crippen LogP contribution in [0, 0.1) is 5.41 Å². The van der Waals surface area contributed by atoms with E-state index in [0.29, 0.717) is 12.8 Å². The van der Waals surface area contributed by atoms with E-state index in [1.165, 1.54) is 0 Å². The molecule has 0 heterocycles. The Kier molecular flexibility index (Phi) is 6.27. The molecule has 3 amide bonds. The lowest BCUT2D eigenvalue weighted by Crippen LogP contribution is -2.46. The summed E-state index contributed by atoms with van der Waals surface area (Å²) in [6.45, 7) is 0.270. The number of carbonyl (C=O) groups excluding carboxylic acids is 2. The van der Waals surface area contributed by atoms with E-state index in [2.05, 4.69) is 10.6 Å². The van der Waals surface area contributed by atoms with E-state index >= 15 is 0 Å².